The first-order valence-electron chi connectivity index (χ1n) is 10.5. The molecule has 5 rings (SSSR count). The number of pyridine rings is 1. The van der Waals surface area contributed by atoms with Crippen LogP contribution >= 0.6 is 0 Å². The molecule has 31 heavy (non-hydrogen) atoms. The van der Waals surface area contributed by atoms with E-state index in [1.54, 1.807) is 12.4 Å². The fourth-order valence-corrected chi connectivity index (χ4v) is 4.07. The Morgan fingerprint density at radius 3 is 2.26 bits per heavy atom. The van der Waals surface area contributed by atoms with Gasteiger partial charge in [0.05, 0.1) is 0 Å². The van der Waals surface area contributed by atoms with Crippen LogP contribution in [0.1, 0.15) is 5.56 Å². The average Bonchev–Trinajstić information content (AvgIpc) is 3.12. The summed E-state index contributed by atoms with van der Waals surface area (Å²) in [5.74, 6) is 1.05. The van der Waals surface area contributed by atoms with Crippen molar-refractivity contribution >= 4 is 17.1 Å². The second kappa shape index (κ2) is 8.05. The topological polar surface area (TPSA) is 89.0 Å². The Morgan fingerprint density at radius 1 is 0.839 bits per heavy atom. The van der Waals surface area contributed by atoms with Gasteiger partial charge in [-0.3, -0.25) is 9.88 Å². The summed E-state index contributed by atoms with van der Waals surface area (Å²) in [7, 11) is 4.12. The number of nitrogens with two attached hydrogens (primary N) is 1. The number of hydrogen-bond donors (Lipinski definition) is 1. The number of benzene rings is 1. The van der Waals surface area contributed by atoms with Crippen LogP contribution in [-0.4, -0.2) is 67.5 Å². The molecule has 0 saturated carbocycles. The molecule has 4 aromatic rings. The summed E-state index contributed by atoms with van der Waals surface area (Å²) in [6.45, 7) is 5.41. The number of imidazole rings is 1. The van der Waals surface area contributed by atoms with Gasteiger partial charge in [0.25, 0.3) is 0 Å². The summed E-state index contributed by atoms with van der Waals surface area (Å²) >= 11 is 0. The minimum absolute atomic E-state index is 0.244. The Bertz CT molecular complexity index is 1190. The molecule has 1 aromatic carbocycles. The molecule has 4 heterocycles. The smallest absolute Gasteiger partial charge is 0.222 e. The molecule has 1 fully saturated rings. The van der Waals surface area contributed by atoms with Crippen molar-refractivity contribution in [1.82, 2.24) is 34.3 Å². The molecule has 1 saturated heterocycles. The number of aryl methyl sites for hydroxylation is 1. The van der Waals surface area contributed by atoms with E-state index in [0.717, 1.165) is 66.5 Å². The highest BCUT2D eigenvalue weighted by Crippen LogP contribution is 2.30. The molecular weight excluding hydrogens is 388 g/mol. The van der Waals surface area contributed by atoms with Crippen LogP contribution in [-0.2, 0) is 13.6 Å². The highest BCUT2D eigenvalue weighted by atomic mass is 15.2. The number of fused-ring (bicyclic) bond motifs is 1. The van der Waals surface area contributed by atoms with E-state index in [1.165, 1.54) is 5.56 Å². The molecule has 0 unspecified atom stereocenters. The van der Waals surface area contributed by atoms with Crippen molar-refractivity contribution in [2.45, 2.75) is 6.54 Å². The predicted octanol–water partition coefficient (Wildman–Crippen LogP) is 2.42. The first kappa shape index (κ1) is 19.6. The highest BCUT2D eigenvalue weighted by Gasteiger charge is 2.18. The number of rotatable bonds is 4. The number of nitrogens with zero attached hydrogens (tertiary/aromatic N) is 7. The van der Waals surface area contributed by atoms with Gasteiger partial charge in [-0.1, -0.05) is 24.3 Å². The minimum Gasteiger partial charge on any atom is -0.368 e. The summed E-state index contributed by atoms with van der Waals surface area (Å²) in [5.41, 5.74) is 11.5. The fourth-order valence-electron chi connectivity index (χ4n) is 4.07. The summed E-state index contributed by atoms with van der Waals surface area (Å²) < 4.78 is 1.95. The van der Waals surface area contributed by atoms with Crippen LogP contribution in [0.4, 0.5) is 5.95 Å². The molecule has 0 bridgehead atoms. The van der Waals surface area contributed by atoms with E-state index in [4.69, 9.17) is 10.7 Å². The van der Waals surface area contributed by atoms with E-state index >= 15 is 0 Å². The number of aromatic nitrogens is 5. The zero-order valence-electron chi connectivity index (χ0n) is 17.9. The Balaban J connectivity index is 1.48. The molecule has 8 nitrogen and oxygen atoms in total. The van der Waals surface area contributed by atoms with E-state index in [1.807, 2.05) is 23.7 Å². The Kier molecular flexibility index (Phi) is 5.09. The molecule has 158 valence electrons. The number of hydrogen-bond acceptors (Lipinski definition) is 7. The normalized spacial score (nSPS) is 15.5. The number of anilines is 1. The van der Waals surface area contributed by atoms with Crippen LogP contribution in [0.3, 0.4) is 0 Å². The lowest BCUT2D eigenvalue weighted by molar-refractivity contribution is 0.148. The van der Waals surface area contributed by atoms with Gasteiger partial charge in [-0.05, 0) is 24.7 Å². The van der Waals surface area contributed by atoms with E-state index in [0.29, 0.717) is 0 Å². The third kappa shape index (κ3) is 3.87. The number of likely N-dealkylation sites (N-methyl/N-ethyl adjacent to an activating group) is 1. The van der Waals surface area contributed by atoms with Gasteiger partial charge in [0, 0.05) is 63.3 Å². The van der Waals surface area contributed by atoms with Crippen molar-refractivity contribution in [3.8, 4) is 22.6 Å². The molecule has 0 spiro atoms. The Hall–Kier alpha value is -3.36. The van der Waals surface area contributed by atoms with Crippen LogP contribution in [0, 0.1) is 0 Å². The summed E-state index contributed by atoms with van der Waals surface area (Å²) in [4.78, 5) is 22.8. The maximum absolute atomic E-state index is 6.06. The lowest BCUT2D eigenvalue weighted by Gasteiger charge is -2.32. The monoisotopic (exact) mass is 414 g/mol. The minimum atomic E-state index is 0.244. The van der Waals surface area contributed by atoms with E-state index < -0.39 is 0 Å². The number of piperazine rings is 1. The zero-order valence-corrected chi connectivity index (χ0v) is 17.9. The Labute approximate surface area is 181 Å². The first-order valence-corrected chi connectivity index (χ1v) is 10.5. The van der Waals surface area contributed by atoms with E-state index in [2.05, 4.69) is 56.1 Å². The molecule has 0 radical (unpaired) electrons. The second-order valence-corrected chi connectivity index (χ2v) is 8.11. The first-order chi connectivity index (χ1) is 15.1. The molecule has 3 aromatic heterocycles. The van der Waals surface area contributed by atoms with Gasteiger partial charge in [-0.25, -0.2) is 9.97 Å². The van der Waals surface area contributed by atoms with Gasteiger partial charge in [-0.2, -0.15) is 4.98 Å². The molecule has 1 aliphatic heterocycles. The van der Waals surface area contributed by atoms with Crippen molar-refractivity contribution in [3.63, 3.8) is 0 Å². The lowest BCUT2D eigenvalue weighted by Crippen LogP contribution is -2.43. The molecule has 1 aliphatic rings. The maximum Gasteiger partial charge on any atom is 0.222 e. The van der Waals surface area contributed by atoms with E-state index in [-0.39, 0.29) is 5.95 Å². The van der Waals surface area contributed by atoms with Gasteiger partial charge in [-0.15, -0.1) is 0 Å². The lowest BCUT2D eigenvalue weighted by atomic mass is 10.1. The summed E-state index contributed by atoms with van der Waals surface area (Å²) in [6, 6.07) is 12.4. The van der Waals surface area contributed by atoms with Crippen LogP contribution in [0.5, 0.6) is 0 Å². The second-order valence-electron chi connectivity index (χ2n) is 8.11. The quantitative estimate of drug-likeness (QED) is 0.549. The van der Waals surface area contributed by atoms with Crippen LogP contribution in [0.2, 0.25) is 0 Å². The summed E-state index contributed by atoms with van der Waals surface area (Å²) in [5, 5.41) is 0. The van der Waals surface area contributed by atoms with Crippen molar-refractivity contribution in [2.75, 3.05) is 39.0 Å². The third-order valence-electron chi connectivity index (χ3n) is 5.90. The highest BCUT2D eigenvalue weighted by molar-refractivity contribution is 5.90. The van der Waals surface area contributed by atoms with Gasteiger partial charge in [0.2, 0.25) is 5.95 Å². The van der Waals surface area contributed by atoms with Crippen molar-refractivity contribution in [2.24, 2.45) is 7.05 Å². The maximum atomic E-state index is 6.06. The largest absolute Gasteiger partial charge is 0.368 e. The van der Waals surface area contributed by atoms with Gasteiger partial charge >= 0.3 is 0 Å². The average molecular weight is 415 g/mol. The fraction of sp³-hybridized carbons (Fsp3) is 0.304. The van der Waals surface area contributed by atoms with E-state index in [9.17, 15) is 0 Å². The molecule has 0 amide bonds. The number of nitrogen functional groups attached to an aromatic ring is 1. The van der Waals surface area contributed by atoms with Gasteiger partial charge in [0.15, 0.2) is 5.65 Å². The zero-order chi connectivity index (χ0) is 21.4. The predicted molar refractivity (Wildman–Crippen MR) is 122 cm³/mol. The third-order valence-corrected chi connectivity index (χ3v) is 5.90. The molecule has 8 heteroatoms. The molecule has 2 N–H and O–H groups in total. The van der Waals surface area contributed by atoms with Crippen LogP contribution in [0.15, 0.2) is 48.8 Å². The van der Waals surface area contributed by atoms with Crippen LogP contribution < -0.4 is 5.73 Å². The molecular formula is C23H26N8. The molecule has 0 aliphatic carbocycles. The van der Waals surface area contributed by atoms with Crippen molar-refractivity contribution in [1.29, 1.82) is 0 Å². The van der Waals surface area contributed by atoms with Crippen molar-refractivity contribution in [3.05, 3.63) is 54.4 Å². The van der Waals surface area contributed by atoms with Crippen molar-refractivity contribution < 1.29 is 0 Å². The standard InChI is InChI=1S/C23H26N8/c1-29-11-13-31(14-12-29)15-16-3-5-17(6-4-16)19-20-22(28-23(24)27-19)30(2)21(26-20)18-7-9-25-10-8-18/h3-10H,11-15H2,1-2H3,(H2,24,27,28). The molecule has 0 atom stereocenters. The Morgan fingerprint density at radius 2 is 1.55 bits per heavy atom. The SMILES string of the molecule is CN1CCN(Cc2ccc(-c3nc(N)nc4c3nc(-c3ccncc3)n4C)cc2)CC1. The van der Waals surface area contributed by atoms with Crippen LogP contribution in [0.25, 0.3) is 33.8 Å². The summed E-state index contributed by atoms with van der Waals surface area (Å²) in [6.07, 6.45) is 3.52. The van der Waals surface area contributed by atoms with Gasteiger partial charge < -0.3 is 15.2 Å². The van der Waals surface area contributed by atoms with Gasteiger partial charge in [0.1, 0.15) is 17.0 Å².